The summed E-state index contributed by atoms with van der Waals surface area (Å²) in [6, 6.07) is 17.8. The van der Waals surface area contributed by atoms with E-state index in [2.05, 4.69) is 9.97 Å². The number of aromatic nitrogens is 2. The highest BCUT2D eigenvalue weighted by Gasteiger charge is 2.07. The number of hydrogen-bond acceptors (Lipinski definition) is 3. The largest absolute Gasteiger partial charge is 0.497 e. The van der Waals surface area contributed by atoms with E-state index in [0.717, 1.165) is 39.5 Å². The van der Waals surface area contributed by atoms with E-state index >= 15 is 0 Å². The third-order valence-corrected chi connectivity index (χ3v) is 3.65. The molecule has 2 aromatic heterocycles. The summed E-state index contributed by atoms with van der Waals surface area (Å²) >= 11 is 0. The van der Waals surface area contributed by atoms with Gasteiger partial charge in [0.2, 0.25) is 0 Å². The molecule has 4 rings (SSSR count). The fourth-order valence-electron chi connectivity index (χ4n) is 2.49. The first kappa shape index (κ1) is 12.7. The molecule has 0 atom stereocenters. The predicted molar refractivity (Wildman–Crippen MR) is 85.8 cm³/mol. The van der Waals surface area contributed by atoms with Crippen molar-refractivity contribution in [3.05, 3.63) is 60.9 Å². The van der Waals surface area contributed by atoms with Crippen LogP contribution in [0.3, 0.4) is 0 Å². The van der Waals surface area contributed by atoms with Gasteiger partial charge in [0.25, 0.3) is 0 Å². The molecule has 0 spiro atoms. The molecule has 0 radical (unpaired) electrons. The maximum Gasteiger partial charge on any atom is 0.138 e. The van der Waals surface area contributed by atoms with Crippen LogP contribution in [0.5, 0.6) is 5.75 Å². The Balaban J connectivity index is 1.72. The standard InChI is InChI=1S/C18H14N2O2/c1-21-14-8-9-15-16(11-14)20-18(19-15)13-6-4-12(5-7-13)17-3-2-10-22-17/h2-11H,1H3,(H,19,20). The van der Waals surface area contributed by atoms with Gasteiger partial charge in [0.05, 0.1) is 24.4 Å². The highest BCUT2D eigenvalue weighted by atomic mass is 16.5. The molecule has 0 unspecified atom stereocenters. The lowest BCUT2D eigenvalue weighted by molar-refractivity contribution is 0.415. The van der Waals surface area contributed by atoms with Crippen molar-refractivity contribution in [2.24, 2.45) is 0 Å². The Morgan fingerprint density at radius 2 is 1.82 bits per heavy atom. The summed E-state index contributed by atoms with van der Waals surface area (Å²) in [5.74, 6) is 2.52. The SMILES string of the molecule is COc1ccc2nc(-c3ccc(-c4ccco4)cc3)[nH]c2c1. The van der Waals surface area contributed by atoms with E-state index in [4.69, 9.17) is 9.15 Å². The van der Waals surface area contributed by atoms with Crippen LogP contribution >= 0.6 is 0 Å². The number of nitrogens with zero attached hydrogens (tertiary/aromatic N) is 1. The fourth-order valence-corrected chi connectivity index (χ4v) is 2.49. The number of H-pyrrole nitrogens is 1. The number of rotatable bonds is 3. The van der Waals surface area contributed by atoms with Crippen molar-refractivity contribution in [2.75, 3.05) is 7.11 Å². The van der Waals surface area contributed by atoms with Crippen molar-refractivity contribution in [3.8, 4) is 28.5 Å². The van der Waals surface area contributed by atoms with E-state index in [1.165, 1.54) is 0 Å². The third-order valence-electron chi connectivity index (χ3n) is 3.65. The number of imidazole rings is 1. The van der Waals surface area contributed by atoms with Crippen molar-refractivity contribution in [1.29, 1.82) is 0 Å². The molecule has 0 saturated carbocycles. The van der Waals surface area contributed by atoms with Crippen molar-refractivity contribution < 1.29 is 9.15 Å². The molecule has 0 aliphatic rings. The van der Waals surface area contributed by atoms with Crippen LogP contribution in [0.2, 0.25) is 0 Å². The smallest absolute Gasteiger partial charge is 0.138 e. The lowest BCUT2D eigenvalue weighted by Crippen LogP contribution is -1.81. The second-order valence-corrected chi connectivity index (χ2v) is 5.02. The van der Waals surface area contributed by atoms with Crippen LogP contribution in [0, 0.1) is 0 Å². The van der Waals surface area contributed by atoms with Gasteiger partial charge < -0.3 is 14.1 Å². The summed E-state index contributed by atoms with van der Waals surface area (Å²) in [5.41, 5.74) is 3.97. The second-order valence-electron chi connectivity index (χ2n) is 5.02. The Labute approximate surface area is 127 Å². The summed E-state index contributed by atoms with van der Waals surface area (Å²) in [4.78, 5) is 7.94. The van der Waals surface area contributed by atoms with Gasteiger partial charge in [0.1, 0.15) is 17.3 Å². The Morgan fingerprint density at radius 1 is 1.00 bits per heavy atom. The molecule has 4 nitrogen and oxygen atoms in total. The predicted octanol–water partition coefficient (Wildman–Crippen LogP) is 4.50. The summed E-state index contributed by atoms with van der Waals surface area (Å²) in [5, 5.41) is 0. The normalized spacial score (nSPS) is 11.0. The molecule has 1 N–H and O–H groups in total. The molecule has 0 aliphatic heterocycles. The quantitative estimate of drug-likeness (QED) is 0.604. The van der Waals surface area contributed by atoms with Gasteiger partial charge in [-0.1, -0.05) is 24.3 Å². The number of benzene rings is 2. The van der Waals surface area contributed by atoms with Gasteiger partial charge in [-0.2, -0.15) is 0 Å². The lowest BCUT2D eigenvalue weighted by atomic mass is 10.1. The van der Waals surface area contributed by atoms with Crippen LogP contribution < -0.4 is 4.74 Å². The minimum Gasteiger partial charge on any atom is -0.497 e. The number of nitrogens with one attached hydrogen (secondary N) is 1. The maximum atomic E-state index is 5.40. The molecule has 0 saturated heterocycles. The van der Waals surface area contributed by atoms with E-state index in [-0.39, 0.29) is 0 Å². The number of methoxy groups -OCH3 is 1. The van der Waals surface area contributed by atoms with Crippen LogP contribution in [0.4, 0.5) is 0 Å². The number of furan rings is 1. The number of hydrogen-bond donors (Lipinski definition) is 1. The first-order valence-corrected chi connectivity index (χ1v) is 7.01. The summed E-state index contributed by atoms with van der Waals surface area (Å²) in [6.07, 6.45) is 1.68. The molecular weight excluding hydrogens is 276 g/mol. The Kier molecular flexibility index (Phi) is 2.93. The highest BCUT2D eigenvalue weighted by Crippen LogP contribution is 2.26. The molecule has 0 amide bonds. The van der Waals surface area contributed by atoms with Crippen LogP contribution in [0.25, 0.3) is 33.7 Å². The molecule has 2 aromatic carbocycles. The molecule has 22 heavy (non-hydrogen) atoms. The Bertz CT molecular complexity index is 906. The van der Waals surface area contributed by atoms with E-state index in [9.17, 15) is 0 Å². The average Bonchev–Trinajstić information content (AvgIpc) is 3.23. The zero-order chi connectivity index (χ0) is 14.9. The van der Waals surface area contributed by atoms with E-state index < -0.39 is 0 Å². The van der Waals surface area contributed by atoms with Gasteiger partial charge in [0.15, 0.2) is 0 Å². The lowest BCUT2D eigenvalue weighted by Gasteiger charge is -1.99. The fraction of sp³-hybridized carbons (Fsp3) is 0.0556. The topological polar surface area (TPSA) is 51.1 Å². The van der Waals surface area contributed by atoms with Crippen LogP contribution in [0.1, 0.15) is 0 Å². The molecule has 0 aliphatic carbocycles. The van der Waals surface area contributed by atoms with Crippen molar-refractivity contribution in [3.63, 3.8) is 0 Å². The van der Waals surface area contributed by atoms with Gasteiger partial charge in [-0.3, -0.25) is 0 Å². The summed E-state index contributed by atoms with van der Waals surface area (Å²) in [7, 11) is 1.66. The summed E-state index contributed by atoms with van der Waals surface area (Å²) in [6.45, 7) is 0. The molecule has 4 heteroatoms. The maximum absolute atomic E-state index is 5.40. The minimum absolute atomic E-state index is 0.816. The molecular formula is C18H14N2O2. The first-order chi connectivity index (χ1) is 10.8. The van der Waals surface area contributed by atoms with Gasteiger partial charge in [0, 0.05) is 17.2 Å². The van der Waals surface area contributed by atoms with Gasteiger partial charge in [-0.05, 0) is 24.3 Å². The van der Waals surface area contributed by atoms with Gasteiger partial charge in [-0.15, -0.1) is 0 Å². The number of ether oxygens (including phenoxy) is 1. The molecule has 108 valence electrons. The van der Waals surface area contributed by atoms with Gasteiger partial charge >= 0.3 is 0 Å². The molecule has 2 heterocycles. The first-order valence-electron chi connectivity index (χ1n) is 7.01. The van der Waals surface area contributed by atoms with Crippen molar-refractivity contribution >= 4 is 11.0 Å². The zero-order valence-corrected chi connectivity index (χ0v) is 12.0. The molecule has 0 fully saturated rings. The number of fused-ring (bicyclic) bond motifs is 1. The second kappa shape index (κ2) is 5.07. The van der Waals surface area contributed by atoms with E-state index in [0.29, 0.717) is 0 Å². The van der Waals surface area contributed by atoms with Gasteiger partial charge in [-0.25, -0.2) is 4.98 Å². The highest BCUT2D eigenvalue weighted by molar-refractivity contribution is 5.81. The summed E-state index contributed by atoms with van der Waals surface area (Å²) < 4.78 is 10.6. The van der Waals surface area contributed by atoms with E-state index in [1.54, 1.807) is 13.4 Å². The minimum atomic E-state index is 0.816. The Hall–Kier alpha value is -3.01. The van der Waals surface area contributed by atoms with E-state index in [1.807, 2.05) is 54.6 Å². The average molecular weight is 290 g/mol. The molecule has 4 aromatic rings. The van der Waals surface area contributed by atoms with Crippen molar-refractivity contribution in [2.45, 2.75) is 0 Å². The monoisotopic (exact) mass is 290 g/mol. The van der Waals surface area contributed by atoms with Crippen LogP contribution in [-0.4, -0.2) is 17.1 Å². The third kappa shape index (κ3) is 2.15. The van der Waals surface area contributed by atoms with Crippen molar-refractivity contribution in [1.82, 2.24) is 9.97 Å². The number of aromatic amines is 1. The van der Waals surface area contributed by atoms with Crippen LogP contribution in [0.15, 0.2) is 65.3 Å². The Morgan fingerprint density at radius 3 is 2.55 bits per heavy atom. The molecule has 0 bridgehead atoms. The zero-order valence-electron chi connectivity index (χ0n) is 12.0. The van der Waals surface area contributed by atoms with Crippen LogP contribution in [-0.2, 0) is 0 Å².